The summed E-state index contributed by atoms with van der Waals surface area (Å²) in [5.41, 5.74) is 1.19. The number of amides is 1. The number of halogens is 4. The van der Waals surface area contributed by atoms with Gasteiger partial charge in [-0.1, -0.05) is 6.07 Å². The standard InChI is InChI=1S/C18H16F4N2O/c1-24-7-6-11-2-4-14(8-12(11)10-24)23-17(25)15-5-3-13(9-16(15)19)18(20,21)22/h2-5,8-9H,6-7,10H2,1H3,(H,23,25). The Bertz CT molecular complexity index is 817. The second-order valence-electron chi connectivity index (χ2n) is 6.12. The molecule has 7 heteroatoms. The van der Waals surface area contributed by atoms with Crippen LogP contribution in [0.5, 0.6) is 0 Å². The first-order chi connectivity index (χ1) is 11.7. The zero-order valence-corrected chi connectivity index (χ0v) is 13.5. The molecule has 0 saturated heterocycles. The molecule has 1 amide bonds. The van der Waals surface area contributed by atoms with E-state index in [1.165, 1.54) is 5.56 Å². The number of alkyl halides is 3. The topological polar surface area (TPSA) is 32.3 Å². The molecule has 0 aliphatic carbocycles. The molecular formula is C18H16F4N2O. The molecule has 0 saturated carbocycles. The van der Waals surface area contributed by atoms with Crippen LogP contribution in [0.3, 0.4) is 0 Å². The average Bonchev–Trinajstić information content (AvgIpc) is 2.53. The quantitative estimate of drug-likeness (QED) is 0.826. The summed E-state index contributed by atoms with van der Waals surface area (Å²) in [5.74, 6) is -1.99. The highest BCUT2D eigenvalue weighted by Gasteiger charge is 2.31. The molecule has 0 atom stereocenters. The number of nitrogens with one attached hydrogen (secondary N) is 1. The molecule has 0 fully saturated rings. The number of rotatable bonds is 2. The number of hydrogen-bond donors (Lipinski definition) is 1. The van der Waals surface area contributed by atoms with Crippen LogP contribution in [-0.4, -0.2) is 24.4 Å². The highest BCUT2D eigenvalue weighted by molar-refractivity contribution is 6.04. The van der Waals surface area contributed by atoms with Gasteiger partial charge in [-0.2, -0.15) is 13.2 Å². The highest BCUT2D eigenvalue weighted by atomic mass is 19.4. The van der Waals surface area contributed by atoms with E-state index in [1.54, 1.807) is 6.07 Å². The summed E-state index contributed by atoms with van der Waals surface area (Å²) >= 11 is 0. The van der Waals surface area contributed by atoms with Crippen molar-refractivity contribution in [2.24, 2.45) is 0 Å². The minimum absolute atomic E-state index is 0.330. The molecule has 3 nitrogen and oxygen atoms in total. The summed E-state index contributed by atoms with van der Waals surface area (Å²) in [7, 11) is 1.99. The molecule has 2 aromatic rings. The molecule has 0 spiro atoms. The SMILES string of the molecule is CN1CCc2ccc(NC(=O)c3ccc(C(F)(F)F)cc3F)cc2C1. The Labute approximate surface area is 142 Å². The normalized spacial score (nSPS) is 14.9. The van der Waals surface area contributed by atoms with Gasteiger partial charge in [0.1, 0.15) is 5.82 Å². The predicted molar refractivity (Wildman–Crippen MR) is 85.8 cm³/mol. The minimum Gasteiger partial charge on any atom is -0.322 e. The van der Waals surface area contributed by atoms with E-state index in [0.717, 1.165) is 31.1 Å². The van der Waals surface area contributed by atoms with Crippen molar-refractivity contribution in [1.82, 2.24) is 4.90 Å². The number of fused-ring (bicyclic) bond motifs is 1. The van der Waals surface area contributed by atoms with Crippen LogP contribution in [0.1, 0.15) is 27.0 Å². The number of hydrogen-bond acceptors (Lipinski definition) is 2. The van der Waals surface area contributed by atoms with Crippen LogP contribution in [-0.2, 0) is 19.1 Å². The lowest BCUT2D eigenvalue weighted by Crippen LogP contribution is -2.26. The van der Waals surface area contributed by atoms with E-state index in [-0.39, 0.29) is 0 Å². The fraction of sp³-hybridized carbons (Fsp3) is 0.278. The van der Waals surface area contributed by atoms with Crippen LogP contribution in [0.25, 0.3) is 0 Å². The Morgan fingerprint density at radius 1 is 1.12 bits per heavy atom. The summed E-state index contributed by atoms with van der Waals surface area (Å²) in [5, 5.41) is 2.54. The lowest BCUT2D eigenvalue weighted by molar-refractivity contribution is -0.137. The first-order valence-corrected chi connectivity index (χ1v) is 7.72. The van der Waals surface area contributed by atoms with Crippen molar-refractivity contribution >= 4 is 11.6 Å². The van der Waals surface area contributed by atoms with Crippen molar-refractivity contribution in [2.45, 2.75) is 19.1 Å². The number of carbonyl (C=O) groups is 1. The number of carbonyl (C=O) groups excluding carboxylic acids is 1. The molecule has 1 N–H and O–H groups in total. The largest absolute Gasteiger partial charge is 0.416 e. The Balaban J connectivity index is 1.80. The van der Waals surface area contributed by atoms with Crippen molar-refractivity contribution in [3.8, 4) is 0 Å². The van der Waals surface area contributed by atoms with Crippen molar-refractivity contribution in [2.75, 3.05) is 18.9 Å². The van der Waals surface area contributed by atoms with Crippen LogP contribution in [0.15, 0.2) is 36.4 Å². The molecule has 25 heavy (non-hydrogen) atoms. The van der Waals surface area contributed by atoms with E-state index < -0.39 is 29.0 Å². The number of anilines is 1. The van der Waals surface area contributed by atoms with Crippen LogP contribution < -0.4 is 5.32 Å². The van der Waals surface area contributed by atoms with Crippen LogP contribution in [0.2, 0.25) is 0 Å². The van der Waals surface area contributed by atoms with E-state index >= 15 is 0 Å². The van der Waals surface area contributed by atoms with Gasteiger partial charge < -0.3 is 10.2 Å². The van der Waals surface area contributed by atoms with E-state index in [1.807, 2.05) is 19.2 Å². The van der Waals surface area contributed by atoms with Gasteiger partial charge in [-0.25, -0.2) is 4.39 Å². The number of benzene rings is 2. The fourth-order valence-corrected chi connectivity index (χ4v) is 2.85. The van der Waals surface area contributed by atoms with Crippen LogP contribution in [0.4, 0.5) is 23.2 Å². The molecule has 0 aromatic heterocycles. The zero-order chi connectivity index (χ0) is 18.2. The lowest BCUT2D eigenvalue weighted by Gasteiger charge is -2.25. The van der Waals surface area contributed by atoms with Gasteiger partial charge in [-0.05, 0) is 54.9 Å². The molecule has 1 aliphatic heterocycles. The number of nitrogens with zero attached hydrogens (tertiary/aromatic N) is 1. The van der Waals surface area contributed by atoms with E-state index in [4.69, 9.17) is 0 Å². The third kappa shape index (κ3) is 3.82. The first-order valence-electron chi connectivity index (χ1n) is 7.72. The third-order valence-electron chi connectivity index (χ3n) is 4.21. The van der Waals surface area contributed by atoms with Crippen molar-refractivity contribution < 1.29 is 22.4 Å². The van der Waals surface area contributed by atoms with Crippen LogP contribution >= 0.6 is 0 Å². The summed E-state index contributed by atoms with van der Waals surface area (Å²) in [6, 6.07) is 7.30. The van der Waals surface area contributed by atoms with Gasteiger partial charge in [0.2, 0.25) is 0 Å². The predicted octanol–water partition coefficient (Wildman–Crippen LogP) is 4.08. The maximum atomic E-state index is 13.9. The molecule has 1 aliphatic rings. The Morgan fingerprint density at radius 3 is 2.56 bits per heavy atom. The molecular weight excluding hydrogens is 336 g/mol. The monoisotopic (exact) mass is 352 g/mol. The van der Waals surface area contributed by atoms with Gasteiger partial charge in [-0.15, -0.1) is 0 Å². The minimum atomic E-state index is -4.65. The molecule has 3 rings (SSSR count). The van der Waals surface area contributed by atoms with Gasteiger partial charge >= 0.3 is 6.18 Å². The summed E-state index contributed by atoms with van der Waals surface area (Å²) in [4.78, 5) is 14.3. The average molecular weight is 352 g/mol. The summed E-state index contributed by atoms with van der Waals surface area (Å²) in [6.45, 7) is 1.70. The summed E-state index contributed by atoms with van der Waals surface area (Å²) < 4.78 is 51.6. The third-order valence-corrected chi connectivity index (χ3v) is 4.21. The van der Waals surface area contributed by atoms with Crippen LogP contribution in [0, 0.1) is 5.82 Å². The molecule has 132 valence electrons. The van der Waals surface area contributed by atoms with Crippen molar-refractivity contribution in [3.05, 3.63) is 64.5 Å². The Hall–Kier alpha value is -2.41. The van der Waals surface area contributed by atoms with Gasteiger partial charge in [0.25, 0.3) is 5.91 Å². The molecule has 0 bridgehead atoms. The van der Waals surface area contributed by atoms with E-state index in [2.05, 4.69) is 10.2 Å². The Morgan fingerprint density at radius 2 is 1.88 bits per heavy atom. The van der Waals surface area contributed by atoms with Gasteiger partial charge in [0.05, 0.1) is 11.1 Å². The van der Waals surface area contributed by atoms with Crippen molar-refractivity contribution in [3.63, 3.8) is 0 Å². The second-order valence-corrected chi connectivity index (χ2v) is 6.12. The highest BCUT2D eigenvalue weighted by Crippen LogP contribution is 2.30. The van der Waals surface area contributed by atoms with Gasteiger partial charge in [0.15, 0.2) is 0 Å². The summed E-state index contributed by atoms with van der Waals surface area (Å²) in [6.07, 6.45) is -3.74. The molecule has 0 unspecified atom stereocenters. The van der Waals surface area contributed by atoms with E-state index in [0.29, 0.717) is 17.8 Å². The zero-order valence-electron chi connectivity index (χ0n) is 13.5. The fourth-order valence-electron chi connectivity index (χ4n) is 2.85. The second kappa shape index (κ2) is 6.48. The Kier molecular flexibility index (Phi) is 4.51. The van der Waals surface area contributed by atoms with E-state index in [9.17, 15) is 22.4 Å². The lowest BCUT2D eigenvalue weighted by atomic mass is 9.99. The molecule has 2 aromatic carbocycles. The van der Waals surface area contributed by atoms with Gasteiger partial charge in [0, 0.05) is 18.8 Å². The maximum absolute atomic E-state index is 13.9. The van der Waals surface area contributed by atoms with Gasteiger partial charge in [-0.3, -0.25) is 4.79 Å². The molecule has 1 heterocycles. The van der Waals surface area contributed by atoms with Crippen molar-refractivity contribution in [1.29, 1.82) is 0 Å². The smallest absolute Gasteiger partial charge is 0.322 e. The molecule has 0 radical (unpaired) electrons. The first kappa shape index (κ1) is 17.4. The number of likely N-dealkylation sites (N-methyl/N-ethyl adjacent to an activating group) is 1. The maximum Gasteiger partial charge on any atom is 0.416 e.